The fraction of sp³-hybridized carbons (Fsp3) is 0.450. The summed E-state index contributed by atoms with van der Waals surface area (Å²) in [5, 5.41) is 6.87. The van der Waals surface area contributed by atoms with E-state index in [0.29, 0.717) is 25.9 Å². The minimum atomic E-state index is -3.85. The van der Waals surface area contributed by atoms with E-state index in [0.717, 1.165) is 22.8 Å². The predicted molar refractivity (Wildman–Crippen MR) is 113 cm³/mol. The third-order valence-corrected chi connectivity index (χ3v) is 6.95. The fourth-order valence-corrected chi connectivity index (χ4v) is 4.69. The van der Waals surface area contributed by atoms with Crippen molar-refractivity contribution in [3.8, 4) is 0 Å². The average molecular weight is 434 g/mol. The zero-order valence-corrected chi connectivity index (χ0v) is 18.3. The summed E-state index contributed by atoms with van der Waals surface area (Å²) in [5.41, 5.74) is 1.13. The molecule has 0 spiro atoms. The van der Waals surface area contributed by atoms with Crippen LogP contribution in [-0.2, 0) is 21.9 Å². The predicted octanol–water partition coefficient (Wildman–Crippen LogP) is 1.30. The number of carbonyl (C=O) groups is 2. The third kappa shape index (κ3) is 4.48. The summed E-state index contributed by atoms with van der Waals surface area (Å²) in [6, 6.07) is 6.53. The first-order valence-electron chi connectivity index (χ1n) is 9.85. The van der Waals surface area contributed by atoms with E-state index in [1.54, 1.807) is 24.1 Å². The van der Waals surface area contributed by atoms with Crippen LogP contribution in [0.3, 0.4) is 0 Å². The standard InChI is InChI=1S/C20H27N5O4S/c1-15-7-9-16(10-8-15)30(28,29)24(3)20-17(14-22-23(20)2)19(27)21-11-5-13-25-12-4-6-18(25)26/h7-10,14H,4-6,11-13H2,1-3H3,(H,21,27). The van der Waals surface area contributed by atoms with Gasteiger partial charge in [0.05, 0.1) is 11.1 Å². The van der Waals surface area contributed by atoms with Crippen LogP contribution in [0.2, 0.25) is 0 Å². The van der Waals surface area contributed by atoms with E-state index >= 15 is 0 Å². The molecule has 1 aromatic carbocycles. The molecule has 1 aliphatic heterocycles. The Labute approximate surface area is 176 Å². The molecule has 0 atom stereocenters. The van der Waals surface area contributed by atoms with Crippen LogP contribution in [0.15, 0.2) is 35.4 Å². The highest BCUT2D eigenvalue weighted by molar-refractivity contribution is 7.92. The van der Waals surface area contributed by atoms with Crippen LogP contribution < -0.4 is 9.62 Å². The van der Waals surface area contributed by atoms with Gasteiger partial charge in [0, 0.05) is 40.2 Å². The van der Waals surface area contributed by atoms with Crippen LogP contribution in [0.1, 0.15) is 35.2 Å². The Morgan fingerprint density at radius 2 is 1.97 bits per heavy atom. The molecule has 0 bridgehead atoms. The van der Waals surface area contributed by atoms with Gasteiger partial charge in [0.2, 0.25) is 5.91 Å². The van der Waals surface area contributed by atoms with Crippen LogP contribution in [0, 0.1) is 6.92 Å². The van der Waals surface area contributed by atoms with Gasteiger partial charge >= 0.3 is 0 Å². The molecule has 1 saturated heterocycles. The number of aryl methyl sites for hydroxylation is 2. The minimum absolute atomic E-state index is 0.137. The average Bonchev–Trinajstić information content (AvgIpc) is 3.30. The molecule has 1 fully saturated rings. The van der Waals surface area contributed by atoms with E-state index in [-0.39, 0.29) is 22.2 Å². The summed E-state index contributed by atoms with van der Waals surface area (Å²) in [6.45, 7) is 3.62. The van der Waals surface area contributed by atoms with Gasteiger partial charge in [-0.2, -0.15) is 5.10 Å². The Hall–Kier alpha value is -2.88. The minimum Gasteiger partial charge on any atom is -0.352 e. The molecule has 3 rings (SSSR count). The lowest BCUT2D eigenvalue weighted by Gasteiger charge is -2.21. The van der Waals surface area contributed by atoms with Gasteiger partial charge in [0.1, 0.15) is 5.56 Å². The van der Waals surface area contributed by atoms with Gasteiger partial charge in [-0.3, -0.25) is 18.6 Å². The highest BCUT2D eigenvalue weighted by atomic mass is 32.2. The molecule has 1 N–H and O–H groups in total. The number of anilines is 1. The van der Waals surface area contributed by atoms with Crippen LogP contribution in [-0.4, -0.2) is 61.6 Å². The van der Waals surface area contributed by atoms with Crippen LogP contribution in [0.5, 0.6) is 0 Å². The number of nitrogens with zero attached hydrogens (tertiary/aromatic N) is 4. The summed E-state index contributed by atoms with van der Waals surface area (Å²) in [4.78, 5) is 26.3. The number of sulfonamides is 1. The van der Waals surface area contributed by atoms with Crippen molar-refractivity contribution in [1.82, 2.24) is 20.0 Å². The molecule has 1 aromatic heterocycles. The monoisotopic (exact) mass is 433 g/mol. The van der Waals surface area contributed by atoms with E-state index in [1.807, 2.05) is 6.92 Å². The van der Waals surface area contributed by atoms with E-state index in [9.17, 15) is 18.0 Å². The first-order chi connectivity index (χ1) is 14.2. The summed E-state index contributed by atoms with van der Waals surface area (Å²) in [6.07, 6.45) is 3.46. The Morgan fingerprint density at radius 1 is 1.27 bits per heavy atom. The van der Waals surface area contributed by atoms with Crippen molar-refractivity contribution < 1.29 is 18.0 Å². The van der Waals surface area contributed by atoms with Gasteiger partial charge in [-0.15, -0.1) is 0 Å². The van der Waals surface area contributed by atoms with Gasteiger partial charge in [-0.25, -0.2) is 8.42 Å². The number of hydrogen-bond acceptors (Lipinski definition) is 5. The van der Waals surface area contributed by atoms with Crippen molar-refractivity contribution in [1.29, 1.82) is 0 Å². The molecule has 2 amide bonds. The Morgan fingerprint density at radius 3 is 2.60 bits per heavy atom. The second-order valence-corrected chi connectivity index (χ2v) is 9.35. The maximum Gasteiger partial charge on any atom is 0.265 e. The first-order valence-corrected chi connectivity index (χ1v) is 11.3. The molecular formula is C20H27N5O4S. The van der Waals surface area contributed by atoms with Crippen molar-refractivity contribution in [3.63, 3.8) is 0 Å². The van der Waals surface area contributed by atoms with Gasteiger partial charge in [-0.05, 0) is 31.9 Å². The van der Waals surface area contributed by atoms with Crippen molar-refractivity contribution in [3.05, 3.63) is 41.6 Å². The molecule has 0 aliphatic carbocycles. The number of hydrogen-bond donors (Lipinski definition) is 1. The van der Waals surface area contributed by atoms with E-state index in [2.05, 4.69) is 10.4 Å². The van der Waals surface area contributed by atoms with Crippen molar-refractivity contribution in [2.45, 2.75) is 31.1 Å². The van der Waals surface area contributed by atoms with E-state index in [1.165, 1.54) is 30.1 Å². The SMILES string of the molecule is Cc1ccc(S(=O)(=O)N(C)c2c(C(=O)NCCCN3CCCC3=O)cnn2C)cc1. The Kier molecular flexibility index (Phi) is 6.45. The van der Waals surface area contributed by atoms with Crippen LogP contribution in [0.25, 0.3) is 0 Å². The molecule has 30 heavy (non-hydrogen) atoms. The fourth-order valence-electron chi connectivity index (χ4n) is 3.45. The number of nitrogens with one attached hydrogen (secondary N) is 1. The maximum atomic E-state index is 13.0. The zero-order chi connectivity index (χ0) is 21.9. The summed E-state index contributed by atoms with van der Waals surface area (Å²) in [7, 11) is -0.857. The van der Waals surface area contributed by atoms with Crippen molar-refractivity contribution in [2.75, 3.05) is 31.0 Å². The summed E-state index contributed by atoms with van der Waals surface area (Å²) in [5.74, 6) is -0.0709. The molecular weight excluding hydrogens is 406 g/mol. The second-order valence-electron chi connectivity index (χ2n) is 7.38. The van der Waals surface area contributed by atoms with E-state index < -0.39 is 15.9 Å². The van der Waals surface area contributed by atoms with Crippen LogP contribution in [0.4, 0.5) is 5.82 Å². The summed E-state index contributed by atoms with van der Waals surface area (Å²) >= 11 is 0. The lowest BCUT2D eigenvalue weighted by Crippen LogP contribution is -2.33. The number of carbonyl (C=O) groups excluding carboxylic acids is 2. The van der Waals surface area contributed by atoms with Gasteiger partial charge < -0.3 is 10.2 Å². The molecule has 1 aliphatic rings. The van der Waals surface area contributed by atoms with Gasteiger partial charge in [0.25, 0.3) is 15.9 Å². The van der Waals surface area contributed by atoms with Crippen molar-refractivity contribution in [2.24, 2.45) is 7.05 Å². The smallest absolute Gasteiger partial charge is 0.265 e. The van der Waals surface area contributed by atoms with Gasteiger partial charge in [0.15, 0.2) is 5.82 Å². The lowest BCUT2D eigenvalue weighted by molar-refractivity contribution is -0.127. The molecule has 10 heteroatoms. The molecule has 2 aromatic rings. The quantitative estimate of drug-likeness (QED) is 0.632. The molecule has 2 heterocycles. The number of aromatic nitrogens is 2. The summed E-state index contributed by atoms with van der Waals surface area (Å²) < 4.78 is 28.5. The number of rotatable bonds is 8. The number of benzene rings is 1. The van der Waals surface area contributed by atoms with Crippen molar-refractivity contribution >= 4 is 27.7 Å². The number of amides is 2. The number of likely N-dealkylation sites (tertiary alicyclic amines) is 1. The Bertz CT molecular complexity index is 1030. The Balaban J connectivity index is 1.69. The second kappa shape index (κ2) is 8.86. The molecule has 9 nitrogen and oxygen atoms in total. The topological polar surface area (TPSA) is 105 Å². The zero-order valence-electron chi connectivity index (χ0n) is 17.5. The molecule has 162 valence electrons. The highest BCUT2D eigenvalue weighted by Crippen LogP contribution is 2.25. The van der Waals surface area contributed by atoms with Crippen LogP contribution >= 0.6 is 0 Å². The third-order valence-electron chi connectivity index (χ3n) is 5.19. The molecule has 0 unspecified atom stereocenters. The lowest BCUT2D eigenvalue weighted by atomic mass is 10.2. The molecule has 0 radical (unpaired) electrons. The first kappa shape index (κ1) is 21.8. The van der Waals surface area contributed by atoms with E-state index in [4.69, 9.17) is 0 Å². The highest BCUT2D eigenvalue weighted by Gasteiger charge is 2.28. The molecule has 0 saturated carbocycles. The largest absolute Gasteiger partial charge is 0.352 e. The normalized spacial score (nSPS) is 14.2. The maximum absolute atomic E-state index is 13.0. The van der Waals surface area contributed by atoms with Gasteiger partial charge in [-0.1, -0.05) is 17.7 Å².